The van der Waals surface area contributed by atoms with Crippen LogP contribution in [-0.4, -0.2) is 74.0 Å². The summed E-state index contributed by atoms with van der Waals surface area (Å²) in [6.07, 6.45) is 0.488. The van der Waals surface area contributed by atoms with Gasteiger partial charge in [0, 0.05) is 23.5 Å². The molecule has 0 N–H and O–H groups in total. The van der Waals surface area contributed by atoms with Crippen LogP contribution in [0.15, 0.2) is 24.3 Å². The van der Waals surface area contributed by atoms with E-state index in [0.29, 0.717) is 23.9 Å². The molecular weight excluding hydrogens is 352 g/mol. The van der Waals surface area contributed by atoms with Crippen molar-refractivity contribution in [1.29, 1.82) is 0 Å². The fourth-order valence-corrected chi connectivity index (χ4v) is 5.23. The molecule has 6 nitrogen and oxygen atoms in total. The Bertz CT molecular complexity index is 656. The smallest absolute Gasteiger partial charge is 0.130 e. The Morgan fingerprint density at radius 2 is 1.25 bits per heavy atom. The van der Waals surface area contributed by atoms with Gasteiger partial charge < -0.3 is 19.3 Å². The molecule has 0 bridgehead atoms. The lowest BCUT2D eigenvalue weighted by Crippen LogP contribution is -2.38. The van der Waals surface area contributed by atoms with Crippen LogP contribution < -0.4 is 9.80 Å². The predicted molar refractivity (Wildman–Crippen MR) is 111 cm³/mol. The zero-order valence-electron chi connectivity index (χ0n) is 17.6. The average molecular weight is 387 g/mol. The fourth-order valence-electron chi connectivity index (χ4n) is 5.23. The Morgan fingerprint density at radius 3 is 1.68 bits per heavy atom. The summed E-state index contributed by atoms with van der Waals surface area (Å²) in [6.45, 7) is 14.8. The molecule has 0 aromatic heterocycles. The Labute approximate surface area is 169 Å². The Kier molecular flexibility index (Phi) is 4.78. The molecule has 0 aliphatic carbocycles. The summed E-state index contributed by atoms with van der Waals surface area (Å²) in [4.78, 5) is 10.00. The number of hydrogen-bond acceptors (Lipinski definition) is 6. The van der Waals surface area contributed by atoms with Crippen LogP contribution in [0.5, 0.6) is 0 Å². The third-order valence-corrected chi connectivity index (χ3v) is 7.03. The molecule has 154 valence electrons. The third kappa shape index (κ3) is 3.11. The van der Waals surface area contributed by atoms with E-state index >= 15 is 0 Å². The normalized spacial score (nSPS) is 33.5. The van der Waals surface area contributed by atoms with Crippen LogP contribution in [0.3, 0.4) is 0 Å². The summed E-state index contributed by atoms with van der Waals surface area (Å²) in [5, 5.41) is 0. The maximum absolute atomic E-state index is 6.07. The number of hydrogen-bond donors (Lipinski definition) is 0. The quantitative estimate of drug-likeness (QED) is 0.791. The Hall–Kier alpha value is -1.34. The highest BCUT2D eigenvalue weighted by Crippen LogP contribution is 2.35. The minimum absolute atomic E-state index is 0.244. The van der Waals surface area contributed by atoms with E-state index < -0.39 is 0 Å². The largest absolute Gasteiger partial charge is 0.360 e. The van der Waals surface area contributed by atoms with Gasteiger partial charge in [-0.25, -0.2) is 0 Å². The van der Waals surface area contributed by atoms with E-state index in [2.05, 4.69) is 71.6 Å². The summed E-state index contributed by atoms with van der Waals surface area (Å²) in [5.74, 6) is 1.26. The Balaban J connectivity index is 1.29. The molecule has 4 heterocycles. The maximum atomic E-state index is 6.07. The molecule has 4 atom stereocenters. The molecule has 2 unspecified atom stereocenters. The van der Waals surface area contributed by atoms with Gasteiger partial charge in [0.15, 0.2) is 0 Å². The van der Waals surface area contributed by atoms with Crippen molar-refractivity contribution in [3.63, 3.8) is 0 Å². The van der Waals surface area contributed by atoms with E-state index in [1.54, 1.807) is 0 Å². The minimum atomic E-state index is 0.244. The lowest BCUT2D eigenvalue weighted by atomic mass is 10.1. The molecule has 6 heteroatoms. The van der Waals surface area contributed by atoms with Crippen LogP contribution in [0, 0.1) is 11.8 Å². The molecule has 0 spiro atoms. The number of nitrogens with zero attached hydrogens (tertiary/aromatic N) is 4. The van der Waals surface area contributed by atoms with Gasteiger partial charge in [-0.1, -0.05) is 33.8 Å². The van der Waals surface area contributed by atoms with Gasteiger partial charge in [0.05, 0.1) is 39.6 Å². The second-order valence-electron chi connectivity index (χ2n) is 9.47. The first-order chi connectivity index (χ1) is 13.5. The first kappa shape index (κ1) is 18.7. The van der Waals surface area contributed by atoms with Crippen molar-refractivity contribution in [3.8, 4) is 0 Å². The van der Waals surface area contributed by atoms with Crippen LogP contribution in [0.25, 0.3) is 0 Å². The van der Waals surface area contributed by atoms with Crippen LogP contribution >= 0.6 is 0 Å². The maximum Gasteiger partial charge on any atom is 0.130 e. The monoisotopic (exact) mass is 386 g/mol. The van der Waals surface area contributed by atoms with Crippen molar-refractivity contribution >= 4 is 11.4 Å². The highest BCUT2D eigenvalue weighted by Gasteiger charge is 2.44. The van der Waals surface area contributed by atoms with E-state index in [-0.39, 0.29) is 12.5 Å². The van der Waals surface area contributed by atoms with Crippen molar-refractivity contribution in [1.82, 2.24) is 9.80 Å². The molecule has 0 saturated carbocycles. The average Bonchev–Trinajstić information content (AvgIpc) is 3.40. The van der Waals surface area contributed by atoms with Crippen LogP contribution in [-0.2, 0) is 9.47 Å². The van der Waals surface area contributed by atoms with Crippen molar-refractivity contribution in [2.75, 3.05) is 49.4 Å². The molecule has 4 aliphatic rings. The standard InChI is InChI=1S/C22H34N4O2/c1-15(2)19-11-27-21-9-23(13-25(19)21)17-6-5-7-18(8-17)24-10-22-26(14-24)20(12-28-22)16(3)4/h5-8,15-16,19-22H,9-14H2,1-4H3/t19-,20-,21?,22?/m1/s1. The van der Waals surface area contributed by atoms with Gasteiger partial charge in [-0.3, -0.25) is 9.80 Å². The van der Waals surface area contributed by atoms with Crippen LogP contribution in [0.2, 0.25) is 0 Å². The molecule has 1 aromatic carbocycles. The van der Waals surface area contributed by atoms with Crippen molar-refractivity contribution < 1.29 is 9.47 Å². The highest BCUT2D eigenvalue weighted by molar-refractivity contribution is 5.60. The van der Waals surface area contributed by atoms with Crippen LogP contribution in [0.1, 0.15) is 27.7 Å². The highest BCUT2D eigenvalue weighted by atomic mass is 16.5. The van der Waals surface area contributed by atoms with Crippen molar-refractivity contribution in [3.05, 3.63) is 24.3 Å². The first-order valence-corrected chi connectivity index (χ1v) is 10.9. The lowest BCUT2D eigenvalue weighted by molar-refractivity contribution is 0.0677. The summed E-state index contributed by atoms with van der Waals surface area (Å²) < 4.78 is 12.1. The van der Waals surface area contributed by atoms with Gasteiger partial charge in [-0.15, -0.1) is 0 Å². The van der Waals surface area contributed by atoms with Crippen LogP contribution in [0.4, 0.5) is 11.4 Å². The van der Waals surface area contributed by atoms with Gasteiger partial charge in [0.2, 0.25) is 0 Å². The van der Waals surface area contributed by atoms with Gasteiger partial charge >= 0.3 is 0 Å². The van der Waals surface area contributed by atoms with Gasteiger partial charge in [-0.05, 0) is 30.0 Å². The number of rotatable bonds is 4. The molecule has 0 radical (unpaired) electrons. The van der Waals surface area contributed by atoms with Gasteiger partial charge in [-0.2, -0.15) is 0 Å². The first-order valence-electron chi connectivity index (χ1n) is 10.9. The molecular formula is C22H34N4O2. The summed E-state index contributed by atoms with van der Waals surface area (Å²) in [5.41, 5.74) is 2.60. The van der Waals surface area contributed by atoms with E-state index in [1.165, 1.54) is 11.4 Å². The van der Waals surface area contributed by atoms with Crippen molar-refractivity contribution in [2.45, 2.75) is 52.2 Å². The molecule has 5 rings (SSSR count). The van der Waals surface area contributed by atoms with E-state index in [4.69, 9.17) is 9.47 Å². The van der Waals surface area contributed by atoms with Gasteiger partial charge in [0.1, 0.15) is 12.5 Å². The number of benzene rings is 1. The van der Waals surface area contributed by atoms with E-state index in [0.717, 1.165) is 39.6 Å². The van der Waals surface area contributed by atoms with E-state index in [1.807, 2.05) is 0 Å². The SMILES string of the molecule is CC(C)[C@H]1COC2CN(c3cccc(N4CC5OC[C@H](C(C)C)N5C4)c3)CN21. The fraction of sp³-hybridized carbons (Fsp3) is 0.727. The molecule has 1 aromatic rings. The lowest BCUT2D eigenvalue weighted by Gasteiger charge is -2.27. The molecule has 28 heavy (non-hydrogen) atoms. The topological polar surface area (TPSA) is 31.4 Å². The second-order valence-corrected chi connectivity index (χ2v) is 9.47. The number of fused-ring (bicyclic) bond motifs is 2. The van der Waals surface area contributed by atoms with E-state index in [9.17, 15) is 0 Å². The Morgan fingerprint density at radius 1 is 0.786 bits per heavy atom. The number of ether oxygens (including phenoxy) is 2. The summed E-state index contributed by atoms with van der Waals surface area (Å²) in [6, 6.07) is 10.1. The molecule has 0 amide bonds. The second kappa shape index (κ2) is 7.17. The zero-order valence-corrected chi connectivity index (χ0v) is 17.6. The minimum Gasteiger partial charge on any atom is -0.360 e. The molecule has 4 fully saturated rings. The summed E-state index contributed by atoms with van der Waals surface area (Å²) >= 11 is 0. The molecule has 4 aliphatic heterocycles. The zero-order chi connectivity index (χ0) is 19.4. The summed E-state index contributed by atoms with van der Waals surface area (Å²) in [7, 11) is 0. The predicted octanol–water partition coefficient (Wildman–Crippen LogP) is 2.61. The van der Waals surface area contributed by atoms with Gasteiger partial charge in [0.25, 0.3) is 0 Å². The number of anilines is 2. The molecule has 4 saturated heterocycles. The van der Waals surface area contributed by atoms with Crippen molar-refractivity contribution in [2.24, 2.45) is 11.8 Å². The third-order valence-electron chi connectivity index (χ3n) is 7.03.